The Morgan fingerprint density at radius 3 is 1.65 bits per heavy atom. The van der Waals surface area contributed by atoms with E-state index in [9.17, 15) is 0 Å². The Balaban J connectivity index is 1.09. The highest BCUT2D eigenvalue weighted by Crippen LogP contribution is 2.67. The molecule has 2 aliphatic heterocycles. The molecule has 0 saturated carbocycles. The lowest BCUT2D eigenvalue weighted by atomic mass is 9.36. The number of nitrogens with zero attached hydrogens (tertiary/aromatic N) is 2. The van der Waals surface area contributed by atoms with Crippen LogP contribution in [0, 0.1) is 0 Å². The van der Waals surface area contributed by atoms with Crippen LogP contribution in [-0.4, -0.2) is 6.71 Å². The van der Waals surface area contributed by atoms with E-state index >= 15 is 0 Å². The number of rotatable bonds is 6. The molecule has 4 aliphatic rings. The van der Waals surface area contributed by atoms with Gasteiger partial charge < -0.3 is 9.80 Å². The molecule has 0 unspecified atom stereocenters. The van der Waals surface area contributed by atoms with Crippen LogP contribution in [0.3, 0.4) is 0 Å². The SMILES string of the molecule is CC(C)c1ccc(N2c3cc(-c4cc(C(C)C)ccc4-c4ccccc4)ccc3B3c4sc5c(c4N(c4ccccc4)c4cccc2c43)-c2ccccc2C52c3ccccc3-c3ccccc32)cc1. The summed E-state index contributed by atoms with van der Waals surface area (Å²) in [7, 11) is 0. The average Bonchev–Trinajstić information content (AvgIpc) is 4.03. The predicted molar refractivity (Wildman–Crippen MR) is 294 cm³/mol. The number of benzene rings is 9. The van der Waals surface area contributed by atoms with Crippen LogP contribution in [0.2, 0.25) is 0 Å². The lowest BCUT2D eigenvalue weighted by Gasteiger charge is -2.43. The summed E-state index contributed by atoms with van der Waals surface area (Å²) in [4.78, 5) is 6.61. The van der Waals surface area contributed by atoms with Gasteiger partial charge in [-0.05, 0) is 132 Å². The van der Waals surface area contributed by atoms with Crippen LogP contribution in [-0.2, 0) is 5.41 Å². The smallest absolute Gasteiger partial charge is 0.264 e. The van der Waals surface area contributed by atoms with E-state index in [4.69, 9.17) is 0 Å². The topological polar surface area (TPSA) is 6.48 Å². The largest absolute Gasteiger partial charge is 0.311 e. The molecule has 0 amide bonds. The number of anilines is 6. The quantitative estimate of drug-likeness (QED) is 0.153. The van der Waals surface area contributed by atoms with Crippen LogP contribution in [0.15, 0.2) is 212 Å². The lowest BCUT2D eigenvalue weighted by Crippen LogP contribution is -2.60. The summed E-state index contributed by atoms with van der Waals surface area (Å²) in [6, 6.07) is 80.7. The van der Waals surface area contributed by atoms with E-state index in [0.29, 0.717) is 11.8 Å². The first kappa shape index (κ1) is 40.4. The van der Waals surface area contributed by atoms with Gasteiger partial charge in [-0.3, -0.25) is 0 Å². The molecule has 1 spiro atoms. The van der Waals surface area contributed by atoms with Gasteiger partial charge in [-0.15, -0.1) is 11.3 Å². The molecule has 0 radical (unpaired) electrons. The first-order valence-electron chi connectivity index (χ1n) is 24.6. The lowest BCUT2D eigenvalue weighted by molar-refractivity contribution is 0.811. The molecule has 9 aromatic carbocycles. The maximum atomic E-state index is 2.62. The summed E-state index contributed by atoms with van der Waals surface area (Å²) in [6.07, 6.45) is 0. The van der Waals surface area contributed by atoms with Gasteiger partial charge >= 0.3 is 0 Å². The van der Waals surface area contributed by atoms with Crippen LogP contribution >= 0.6 is 11.3 Å². The van der Waals surface area contributed by atoms with Gasteiger partial charge in [-0.1, -0.05) is 198 Å². The Bertz CT molecular complexity index is 3650. The summed E-state index contributed by atoms with van der Waals surface area (Å²) in [5, 5.41) is 0. The Hall–Kier alpha value is -7.66. The Morgan fingerprint density at radius 1 is 0.420 bits per heavy atom. The molecular formula is C65H49BN2S. The van der Waals surface area contributed by atoms with E-state index < -0.39 is 5.41 Å². The fraction of sp³-hybridized carbons (Fsp3) is 0.108. The molecule has 2 aliphatic carbocycles. The zero-order valence-corrected chi connectivity index (χ0v) is 40.1. The summed E-state index contributed by atoms with van der Waals surface area (Å²) < 4.78 is 1.40. The van der Waals surface area contributed by atoms with Crippen molar-refractivity contribution in [3.63, 3.8) is 0 Å². The maximum absolute atomic E-state index is 2.62. The highest BCUT2D eigenvalue weighted by Gasteiger charge is 2.56. The number of thiophene rings is 1. The fourth-order valence-electron chi connectivity index (χ4n) is 12.5. The van der Waals surface area contributed by atoms with Crippen LogP contribution in [0.4, 0.5) is 34.1 Å². The van der Waals surface area contributed by atoms with Gasteiger partial charge in [0.05, 0.1) is 11.1 Å². The molecule has 0 fully saturated rings. The van der Waals surface area contributed by atoms with Crippen LogP contribution in [0.1, 0.15) is 72.2 Å². The summed E-state index contributed by atoms with van der Waals surface area (Å²) in [5.74, 6) is 0.831. The van der Waals surface area contributed by atoms with Crippen molar-refractivity contribution < 1.29 is 0 Å². The summed E-state index contributed by atoms with van der Waals surface area (Å²) in [5.41, 5.74) is 26.7. The zero-order chi connectivity index (χ0) is 46.1. The van der Waals surface area contributed by atoms with E-state index in [0.717, 1.165) is 0 Å². The van der Waals surface area contributed by atoms with Crippen molar-refractivity contribution in [2.75, 3.05) is 9.80 Å². The van der Waals surface area contributed by atoms with Crippen molar-refractivity contribution >= 4 is 67.9 Å². The van der Waals surface area contributed by atoms with E-state index in [1.54, 1.807) is 0 Å². The van der Waals surface area contributed by atoms with Crippen molar-refractivity contribution in [3.8, 4) is 44.5 Å². The first-order chi connectivity index (χ1) is 33.9. The molecular weight excluding hydrogens is 852 g/mol. The van der Waals surface area contributed by atoms with Crippen molar-refractivity contribution in [2.24, 2.45) is 0 Å². The highest BCUT2D eigenvalue weighted by molar-refractivity contribution is 7.30. The number of hydrogen-bond acceptors (Lipinski definition) is 3. The molecule has 328 valence electrons. The molecule has 0 saturated heterocycles. The molecule has 14 rings (SSSR count). The Labute approximate surface area is 409 Å². The number of fused-ring (bicyclic) bond motifs is 15. The van der Waals surface area contributed by atoms with Crippen LogP contribution < -0.4 is 25.5 Å². The molecule has 2 nitrogen and oxygen atoms in total. The third kappa shape index (κ3) is 5.61. The van der Waals surface area contributed by atoms with E-state index in [1.807, 2.05) is 0 Å². The minimum atomic E-state index is -0.445. The minimum Gasteiger partial charge on any atom is -0.311 e. The predicted octanol–water partition coefficient (Wildman–Crippen LogP) is 15.8. The van der Waals surface area contributed by atoms with Crippen molar-refractivity contribution in [1.29, 1.82) is 0 Å². The first-order valence-corrected chi connectivity index (χ1v) is 25.4. The molecule has 3 heterocycles. The molecule has 10 aromatic rings. The van der Waals surface area contributed by atoms with Gasteiger partial charge in [-0.25, -0.2) is 0 Å². The normalized spacial score (nSPS) is 14.1. The molecule has 0 N–H and O–H groups in total. The maximum Gasteiger partial charge on any atom is 0.264 e. The van der Waals surface area contributed by atoms with Gasteiger partial charge in [-0.2, -0.15) is 0 Å². The summed E-state index contributed by atoms with van der Waals surface area (Å²) >= 11 is 2.05. The van der Waals surface area contributed by atoms with E-state index in [2.05, 4.69) is 261 Å². The summed E-state index contributed by atoms with van der Waals surface area (Å²) in [6.45, 7) is 9.15. The van der Waals surface area contributed by atoms with Crippen LogP contribution in [0.25, 0.3) is 44.5 Å². The van der Waals surface area contributed by atoms with Crippen LogP contribution in [0.5, 0.6) is 0 Å². The van der Waals surface area contributed by atoms with E-state index in [1.165, 1.54) is 127 Å². The second kappa shape index (κ2) is 15.2. The monoisotopic (exact) mass is 900 g/mol. The molecule has 69 heavy (non-hydrogen) atoms. The standard InChI is InChI=1S/C65H49BN2S/c1-40(2)42-30-34-47(35-31-42)67-57-28-17-29-58-61(57)66(56-37-33-45(39-59(56)67)52-38-44(41(3)4)32-36-48(52)43-18-7-5-8-19-43)64-62(68(58)46-20-9-6-10-21-46)60-51-24-13-16-27-55(51)65(63(60)69-64)53-25-14-11-22-49(53)50-23-12-15-26-54(50)65/h5-41H,1-4H3. The fourth-order valence-corrected chi connectivity index (χ4v) is 14.2. The van der Waals surface area contributed by atoms with Crippen molar-refractivity contribution in [1.82, 2.24) is 0 Å². The minimum absolute atomic E-state index is 0.0105. The van der Waals surface area contributed by atoms with E-state index in [-0.39, 0.29) is 6.71 Å². The average molecular weight is 901 g/mol. The molecule has 1 aromatic heterocycles. The van der Waals surface area contributed by atoms with Gasteiger partial charge in [0.2, 0.25) is 0 Å². The molecule has 0 atom stereocenters. The number of para-hydroxylation sites is 1. The zero-order valence-electron chi connectivity index (χ0n) is 39.2. The van der Waals surface area contributed by atoms with Crippen molar-refractivity contribution in [3.05, 3.63) is 245 Å². The number of hydrogen-bond donors (Lipinski definition) is 0. The molecule has 0 bridgehead atoms. The van der Waals surface area contributed by atoms with Crippen molar-refractivity contribution in [2.45, 2.75) is 44.9 Å². The van der Waals surface area contributed by atoms with Gasteiger partial charge in [0.25, 0.3) is 6.71 Å². The van der Waals surface area contributed by atoms with Gasteiger partial charge in [0.1, 0.15) is 0 Å². The second-order valence-electron chi connectivity index (χ2n) is 19.9. The Morgan fingerprint density at radius 2 is 0.986 bits per heavy atom. The Kier molecular flexibility index (Phi) is 8.89. The van der Waals surface area contributed by atoms with Gasteiger partial charge in [0, 0.05) is 43.7 Å². The van der Waals surface area contributed by atoms with Gasteiger partial charge in [0.15, 0.2) is 0 Å². The highest BCUT2D eigenvalue weighted by atomic mass is 32.1. The second-order valence-corrected chi connectivity index (χ2v) is 21.0. The third-order valence-corrected chi connectivity index (χ3v) is 17.0. The third-order valence-electron chi connectivity index (χ3n) is 15.6. The molecule has 4 heteroatoms.